The molecule has 9 heteroatoms. The van der Waals surface area contributed by atoms with E-state index in [0.29, 0.717) is 0 Å². The minimum Gasteiger partial charge on any atom is -0.418 e. The second kappa shape index (κ2) is 14.0. The lowest BCUT2D eigenvalue weighted by atomic mass is 10.1. The third-order valence-electron chi connectivity index (χ3n) is 6.12. The highest BCUT2D eigenvalue weighted by Gasteiger charge is 2.20. The Morgan fingerprint density at radius 1 is 0.743 bits per heavy atom. The summed E-state index contributed by atoms with van der Waals surface area (Å²) in [6.07, 6.45) is 3.55. The fraction of sp³-hybridized carbons (Fsp3) is 0.500. The Labute approximate surface area is 207 Å². The first-order valence-corrected chi connectivity index (χ1v) is 12.5. The lowest BCUT2D eigenvalue weighted by Gasteiger charge is -2.23. The number of anilines is 2. The predicted octanol–water partition coefficient (Wildman–Crippen LogP) is 6.13. The topological polar surface area (TPSA) is 12.7 Å². The second-order valence-corrected chi connectivity index (χ2v) is 8.58. The zero-order chi connectivity index (χ0) is 25.8. The van der Waals surface area contributed by atoms with Crippen LogP contribution >= 0.6 is 0 Å². The maximum absolute atomic E-state index is 9.75. The molecule has 35 heavy (non-hydrogen) atoms. The fourth-order valence-corrected chi connectivity index (χ4v) is 4.33. The van der Waals surface area contributed by atoms with Crippen LogP contribution in [0.4, 0.5) is 28.6 Å². The molecule has 2 aromatic carbocycles. The Morgan fingerprint density at radius 2 is 1.17 bits per heavy atom. The van der Waals surface area contributed by atoms with Crippen LogP contribution < -0.4 is 9.80 Å². The van der Waals surface area contributed by atoms with Crippen LogP contribution in [0.15, 0.2) is 48.5 Å². The van der Waals surface area contributed by atoms with Gasteiger partial charge in [0.25, 0.3) is 0 Å². The van der Waals surface area contributed by atoms with Crippen molar-refractivity contribution in [3.05, 3.63) is 59.7 Å². The van der Waals surface area contributed by atoms with Gasteiger partial charge in [-0.3, -0.25) is 9.48 Å². The summed E-state index contributed by atoms with van der Waals surface area (Å²) in [6, 6.07) is 18.2. The van der Waals surface area contributed by atoms with E-state index < -0.39 is 7.25 Å². The standard InChI is InChI=1S/C26H39N4.BF4/c1-5-29(6-2)25-14-10-23(11-15-25)20-27-18-9-19-28(22-27)21-24-12-16-26(17-13-24)30(7-3)8-4;2-1(3,4)5/h10-17,22H,5-9,18-21H2,1-4H3;/q+1;-1. The maximum Gasteiger partial charge on any atom is 0.673 e. The summed E-state index contributed by atoms with van der Waals surface area (Å²) in [7, 11) is -6.00. The zero-order valence-electron chi connectivity index (χ0n) is 21.4. The Balaban J connectivity index is 0.000000784. The molecule has 0 N–H and O–H groups in total. The highest BCUT2D eigenvalue weighted by Crippen LogP contribution is 2.18. The van der Waals surface area contributed by atoms with Crippen molar-refractivity contribution in [2.45, 2.75) is 47.2 Å². The predicted molar refractivity (Wildman–Crippen MR) is 140 cm³/mol. The maximum atomic E-state index is 9.75. The molecule has 4 nitrogen and oxygen atoms in total. The molecule has 2 aromatic rings. The van der Waals surface area contributed by atoms with Crippen LogP contribution in [0.5, 0.6) is 0 Å². The fourth-order valence-electron chi connectivity index (χ4n) is 4.33. The van der Waals surface area contributed by atoms with Crippen molar-refractivity contribution in [3.8, 4) is 0 Å². The van der Waals surface area contributed by atoms with Gasteiger partial charge in [0.2, 0.25) is 6.34 Å². The monoisotopic (exact) mass is 494 g/mol. The van der Waals surface area contributed by atoms with Crippen LogP contribution in [-0.2, 0) is 13.1 Å². The van der Waals surface area contributed by atoms with Crippen LogP contribution in [0, 0.1) is 0 Å². The molecule has 1 heterocycles. The van der Waals surface area contributed by atoms with Gasteiger partial charge in [0.15, 0.2) is 0 Å². The molecule has 0 atom stereocenters. The minimum atomic E-state index is -6.00. The van der Waals surface area contributed by atoms with Gasteiger partial charge in [-0.2, -0.15) is 0 Å². The Kier molecular flexibility index (Phi) is 11.4. The number of hydrogen-bond acceptors (Lipinski definition) is 3. The SMILES string of the molecule is CCN(CC)c1ccc(CN2C=[N+](Cc3ccc(N(CC)CC)cc3)CCC2)cc1.F[B-](F)(F)F. The van der Waals surface area contributed by atoms with Gasteiger partial charge in [0.05, 0.1) is 13.1 Å². The molecule has 0 fully saturated rings. The normalized spacial score (nSPS) is 13.6. The van der Waals surface area contributed by atoms with E-state index in [2.05, 4.69) is 102 Å². The zero-order valence-corrected chi connectivity index (χ0v) is 21.4. The Hall–Kier alpha value is -2.71. The van der Waals surface area contributed by atoms with Crippen LogP contribution in [-0.4, -0.2) is 62.3 Å². The minimum absolute atomic E-state index is 0.982. The third kappa shape index (κ3) is 10.2. The molecule has 3 rings (SSSR count). The molecule has 0 aliphatic carbocycles. The largest absolute Gasteiger partial charge is 0.673 e. The van der Waals surface area contributed by atoms with Crippen molar-refractivity contribution < 1.29 is 21.8 Å². The first kappa shape index (κ1) is 28.5. The molecule has 0 aromatic heterocycles. The molecule has 0 saturated heterocycles. The first-order valence-electron chi connectivity index (χ1n) is 12.5. The second-order valence-electron chi connectivity index (χ2n) is 8.58. The summed E-state index contributed by atoms with van der Waals surface area (Å²) in [5.74, 6) is 0. The van der Waals surface area contributed by atoms with Crippen molar-refractivity contribution in [2.75, 3.05) is 49.1 Å². The highest BCUT2D eigenvalue weighted by atomic mass is 19.5. The van der Waals surface area contributed by atoms with E-state index in [0.717, 1.165) is 52.4 Å². The molecule has 0 amide bonds. The van der Waals surface area contributed by atoms with Gasteiger partial charge in [-0.1, -0.05) is 24.3 Å². The van der Waals surface area contributed by atoms with E-state index in [1.807, 2.05) is 0 Å². The van der Waals surface area contributed by atoms with Gasteiger partial charge in [-0.25, -0.2) is 0 Å². The first-order chi connectivity index (χ1) is 16.7. The summed E-state index contributed by atoms with van der Waals surface area (Å²) < 4.78 is 41.5. The van der Waals surface area contributed by atoms with Crippen LogP contribution in [0.25, 0.3) is 0 Å². The lowest BCUT2D eigenvalue weighted by Crippen LogP contribution is -2.35. The molecule has 1 aliphatic heterocycles. The summed E-state index contributed by atoms with van der Waals surface area (Å²) in [4.78, 5) is 7.24. The Bertz CT molecular complexity index is 887. The molecule has 0 saturated carbocycles. The van der Waals surface area contributed by atoms with Gasteiger partial charge >= 0.3 is 7.25 Å². The molecule has 0 unspecified atom stereocenters. The number of nitrogens with zero attached hydrogens (tertiary/aromatic N) is 4. The summed E-state index contributed by atoms with van der Waals surface area (Å²) >= 11 is 0. The van der Waals surface area contributed by atoms with Crippen LogP contribution in [0.3, 0.4) is 0 Å². The van der Waals surface area contributed by atoms with Crippen molar-refractivity contribution in [2.24, 2.45) is 0 Å². The number of hydrogen-bond donors (Lipinski definition) is 0. The van der Waals surface area contributed by atoms with Crippen molar-refractivity contribution in [1.82, 2.24) is 4.90 Å². The molecule has 0 bridgehead atoms. The average molecular weight is 494 g/mol. The lowest BCUT2D eigenvalue weighted by molar-refractivity contribution is -0.549. The number of rotatable bonds is 10. The third-order valence-corrected chi connectivity index (χ3v) is 6.12. The Morgan fingerprint density at radius 3 is 1.60 bits per heavy atom. The van der Waals surface area contributed by atoms with E-state index in [9.17, 15) is 17.3 Å². The smallest absolute Gasteiger partial charge is 0.418 e. The molecule has 194 valence electrons. The van der Waals surface area contributed by atoms with E-state index in [4.69, 9.17) is 0 Å². The molecule has 0 radical (unpaired) electrons. The average Bonchev–Trinajstić information content (AvgIpc) is 2.82. The van der Waals surface area contributed by atoms with Crippen LogP contribution in [0.1, 0.15) is 45.2 Å². The van der Waals surface area contributed by atoms with Gasteiger partial charge in [-0.05, 0) is 63.1 Å². The molecule has 1 aliphatic rings. The van der Waals surface area contributed by atoms with Gasteiger partial charge in [0, 0.05) is 44.0 Å². The summed E-state index contributed by atoms with van der Waals surface area (Å²) in [5.41, 5.74) is 5.41. The molecule has 0 spiro atoms. The van der Waals surface area contributed by atoms with E-state index in [1.165, 1.54) is 28.9 Å². The summed E-state index contributed by atoms with van der Waals surface area (Å²) in [6.45, 7) is 17.3. The van der Waals surface area contributed by atoms with Crippen molar-refractivity contribution >= 4 is 25.0 Å². The number of benzene rings is 2. The van der Waals surface area contributed by atoms with E-state index in [1.54, 1.807) is 0 Å². The van der Waals surface area contributed by atoms with Crippen LogP contribution in [0.2, 0.25) is 0 Å². The number of halogens is 4. The quantitative estimate of drug-likeness (QED) is 0.224. The van der Waals surface area contributed by atoms with Crippen molar-refractivity contribution in [1.29, 1.82) is 0 Å². The van der Waals surface area contributed by atoms with E-state index in [-0.39, 0.29) is 0 Å². The molecular weight excluding hydrogens is 455 g/mol. The van der Waals surface area contributed by atoms with Gasteiger partial charge in [-0.15, -0.1) is 0 Å². The molecular formula is C26H39BF4N4. The van der Waals surface area contributed by atoms with Crippen molar-refractivity contribution in [3.63, 3.8) is 0 Å². The van der Waals surface area contributed by atoms with Gasteiger partial charge in [0.1, 0.15) is 13.1 Å². The van der Waals surface area contributed by atoms with E-state index >= 15 is 0 Å². The summed E-state index contributed by atoms with van der Waals surface area (Å²) in [5, 5.41) is 0. The highest BCUT2D eigenvalue weighted by molar-refractivity contribution is 6.50. The van der Waals surface area contributed by atoms with Gasteiger partial charge < -0.3 is 27.1 Å².